The van der Waals surface area contributed by atoms with E-state index in [1.165, 1.54) is 0 Å². The highest BCUT2D eigenvalue weighted by molar-refractivity contribution is 6.32. The predicted octanol–water partition coefficient (Wildman–Crippen LogP) is 5.21. The summed E-state index contributed by atoms with van der Waals surface area (Å²) < 4.78 is 10.2. The molecule has 0 unspecified atom stereocenters. The van der Waals surface area contributed by atoms with E-state index in [1.807, 2.05) is 83.0 Å². The zero-order valence-electron chi connectivity index (χ0n) is 22.0. The van der Waals surface area contributed by atoms with Gasteiger partial charge in [-0.05, 0) is 91.4 Å². The van der Waals surface area contributed by atoms with Crippen molar-refractivity contribution in [1.82, 2.24) is 9.80 Å². The Morgan fingerprint density at radius 1 is 0.943 bits per heavy atom. The van der Waals surface area contributed by atoms with Gasteiger partial charge in [-0.15, -0.1) is 0 Å². The summed E-state index contributed by atoms with van der Waals surface area (Å²) in [4.78, 5) is 15.7. The van der Waals surface area contributed by atoms with Crippen LogP contribution in [0.15, 0.2) is 42.5 Å². The second-order valence-corrected chi connectivity index (χ2v) is 9.54. The summed E-state index contributed by atoms with van der Waals surface area (Å²) in [6, 6.07) is 12.9. The molecule has 35 heavy (non-hydrogen) atoms. The third-order valence-electron chi connectivity index (χ3n) is 3.95. The van der Waals surface area contributed by atoms with Crippen LogP contribution in [0.3, 0.4) is 0 Å². The first-order valence-corrected chi connectivity index (χ1v) is 11.5. The standard InChI is InChI=1S/C16H21ClN2O2.C12H15NO/c1-16(2,3)21-15(20)18-13-9-8-12(14(17)11-13)7-6-10-19(4)5;1-13(2)10-4-5-11-6-8-12(14-3)9-7-11/h8-9,11H,10H2,1-5H3,(H,18,20);6-9H,10H2,1-3H3. The molecule has 1 amide bonds. The molecule has 0 radical (unpaired) electrons. The molecule has 0 saturated heterocycles. The summed E-state index contributed by atoms with van der Waals surface area (Å²) in [5.74, 6) is 13.0. The number of hydrogen-bond acceptors (Lipinski definition) is 5. The number of benzene rings is 2. The molecular weight excluding hydrogens is 462 g/mol. The van der Waals surface area contributed by atoms with Gasteiger partial charge >= 0.3 is 6.09 Å². The van der Waals surface area contributed by atoms with Crippen LogP contribution in [0, 0.1) is 23.7 Å². The van der Waals surface area contributed by atoms with Gasteiger partial charge in [0.1, 0.15) is 11.4 Å². The van der Waals surface area contributed by atoms with Crippen molar-refractivity contribution in [3.63, 3.8) is 0 Å². The fraction of sp³-hybridized carbons (Fsp3) is 0.393. The maximum Gasteiger partial charge on any atom is 0.412 e. The van der Waals surface area contributed by atoms with E-state index >= 15 is 0 Å². The molecule has 0 spiro atoms. The summed E-state index contributed by atoms with van der Waals surface area (Å²) in [7, 11) is 9.56. The van der Waals surface area contributed by atoms with Crippen molar-refractivity contribution in [3.8, 4) is 29.4 Å². The van der Waals surface area contributed by atoms with Gasteiger partial charge in [0.05, 0.1) is 25.2 Å². The summed E-state index contributed by atoms with van der Waals surface area (Å²) in [6.07, 6.45) is -0.509. The number of ether oxygens (including phenoxy) is 2. The minimum absolute atomic E-state index is 0.495. The van der Waals surface area contributed by atoms with Gasteiger partial charge in [-0.3, -0.25) is 15.1 Å². The van der Waals surface area contributed by atoms with E-state index in [9.17, 15) is 4.79 Å². The lowest BCUT2D eigenvalue weighted by atomic mass is 10.2. The van der Waals surface area contributed by atoms with Crippen molar-refractivity contribution in [2.75, 3.05) is 53.7 Å². The number of hydrogen-bond donors (Lipinski definition) is 1. The molecule has 0 aromatic heterocycles. The minimum atomic E-state index is -0.536. The maximum absolute atomic E-state index is 11.7. The Balaban J connectivity index is 0.000000379. The highest BCUT2D eigenvalue weighted by atomic mass is 35.5. The molecular formula is C28H36ClN3O3. The van der Waals surface area contributed by atoms with E-state index < -0.39 is 11.7 Å². The van der Waals surface area contributed by atoms with E-state index in [0.717, 1.165) is 23.4 Å². The van der Waals surface area contributed by atoms with Gasteiger partial charge in [0.15, 0.2) is 0 Å². The molecule has 0 bridgehead atoms. The van der Waals surface area contributed by atoms with Crippen LogP contribution in [0.1, 0.15) is 31.9 Å². The highest BCUT2D eigenvalue weighted by Crippen LogP contribution is 2.21. The molecule has 6 nitrogen and oxygen atoms in total. The zero-order chi connectivity index (χ0) is 26.4. The molecule has 1 N–H and O–H groups in total. The smallest absolute Gasteiger partial charge is 0.412 e. The number of nitrogens with one attached hydrogen (secondary N) is 1. The Bertz CT molecular complexity index is 1070. The van der Waals surface area contributed by atoms with E-state index in [1.54, 1.807) is 25.3 Å². The fourth-order valence-corrected chi connectivity index (χ4v) is 2.61. The van der Waals surface area contributed by atoms with E-state index in [2.05, 4.69) is 29.0 Å². The minimum Gasteiger partial charge on any atom is -0.497 e. The van der Waals surface area contributed by atoms with Crippen LogP contribution in [-0.2, 0) is 4.74 Å². The molecule has 2 rings (SSSR count). The van der Waals surface area contributed by atoms with Crippen molar-refractivity contribution in [2.45, 2.75) is 26.4 Å². The number of methoxy groups -OCH3 is 1. The number of carbonyl (C=O) groups excluding carboxylic acids is 1. The SMILES string of the molecule is CN(C)CC#Cc1ccc(NC(=O)OC(C)(C)C)cc1Cl.COc1ccc(C#CCN(C)C)cc1. The number of halogens is 1. The molecule has 0 aliphatic heterocycles. The van der Waals surface area contributed by atoms with Crippen LogP contribution in [0.25, 0.3) is 0 Å². The van der Waals surface area contributed by atoms with Crippen LogP contribution < -0.4 is 10.1 Å². The number of anilines is 1. The van der Waals surface area contributed by atoms with Gasteiger partial charge in [-0.2, -0.15) is 0 Å². The van der Waals surface area contributed by atoms with Gasteiger partial charge in [-0.25, -0.2) is 4.79 Å². The van der Waals surface area contributed by atoms with Crippen LogP contribution in [0.5, 0.6) is 5.75 Å². The van der Waals surface area contributed by atoms with Crippen LogP contribution in [0.2, 0.25) is 5.02 Å². The van der Waals surface area contributed by atoms with Crippen molar-refractivity contribution in [3.05, 3.63) is 58.6 Å². The second kappa shape index (κ2) is 15.0. The molecule has 0 fully saturated rings. The van der Waals surface area contributed by atoms with E-state index in [-0.39, 0.29) is 0 Å². The molecule has 0 aliphatic rings. The van der Waals surface area contributed by atoms with E-state index in [4.69, 9.17) is 21.1 Å². The molecule has 0 heterocycles. The highest BCUT2D eigenvalue weighted by Gasteiger charge is 2.16. The van der Waals surface area contributed by atoms with Gasteiger partial charge in [0, 0.05) is 16.8 Å². The Labute approximate surface area is 215 Å². The van der Waals surface area contributed by atoms with Crippen molar-refractivity contribution in [2.24, 2.45) is 0 Å². The molecule has 7 heteroatoms. The topological polar surface area (TPSA) is 54.0 Å². The fourth-order valence-electron chi connectivity index (χ4n) is 2.38. The average molecular weight is 498 g/mol. The first-order chi connectivity index (χ1) is 16.4. The zero-order valence-corrected chi connectivity index (χ0v) is 22.7. The Kier molecular flexibility index (Phi) is 12.8. The van der Waals surface area contributed by atoms with Crippen LogP contribution in [-0.4, -0.2) is 69.9 Å². The molecule has 0 atom stereocenters. The second-order valence-electron chi connectivity index (χ2n) is 9.13. The predicted molar refractivity (Wildman–Crippen MR) is 145 cm³/mol. The Morgan fingerprint density at radius 2 is 1.51 bits per heavy atom. The normalized spacial score (nSPS) is 10.3. The average Bonchev–Trinajstić information content (AvgIpc) is 2.74. The van der Waals surface area contributed by atoms with E-state index in [0.29, 0.717) is 17.3 Å². The van der Waals surface area contributed by atoms with Gasteiger partial charge in [0.2, 0.25) is 0 Å². The van der Waals surface area contributed by atoms with Crippen LogP contribution >= 0.6 is 11.6 Å². The van der Waals surface area contributed by atoms with Gasteiger partial charge < -0.3 is 9.47 Å². The third kappa shape index (κ3) is 14.0. The molecule has 2 aromatic carbocycles. The lowest BCUT2D eigenvalue weighted by Gasteiger charge is -2.19. The Morgan fingerprint density at radius 3 is 2.00 bits per heavy atom. The molecule has 188 valence electrons. The van der Waals surface area contributed by atoms with Crippen molar-refractivity contribution >= 4 is 23.4 Å². The first kappa shape index (κ1) is 29.9. The number of nitrogens with zero attached hydrogens (tertiary/aromatic N) is 2. The van der Waals surface area contributed by atoms with Crippen molar-refractivity contribution < 1.29 is 14.3 Å². The van der Waals surface area contributed by atoms with Gasteiger partial charge in [-0.1, -0.05) is 35.3 Å². The van der Waals surface area contributed by atoms with Crippen molar-refractivity contribution in [1.29, 1.82) is 0 Å². The van der Waals surface area contributed by atoms with Gasteiger partial charge in [0.25, 0.3) is 0 Å². The summed E-state index contributed by atoms with van der Waals surface area (Å²) in [5.41, 5.74) is 1.79. The molecule has 0 saturated carbocycles. The molecule has 0 aliphatic carbocycles. The summed E-state index contributed by atoms with van der Waals surface area (Å²) >= 11 is 6.15. The summed E-state index contributed by atoms with van der Waals surface area (Å²) in [6.45, 7) is 6.87. The Hall–Kier alpha value is -3.16. The lowest BCUT2D eigenvalue weighted by Crippen LogP contribution is -2.27. The maximum atomic E-state index is 11.7. The number of amides is 1. The number of carbonyl (C=O) groups is 1. The largest absolute Gasteiger partial charge is 0.497 e. The monoisotopic (exact) mass is 497 g/mol. The summed E-state index contributed by atoms with van der Waals surface area (Å²) in [5, 5.41) is 3.13. The number of rotatable bonds is 4. The lowest BCUT2D eigenvalue weighted by molar-refractivity contribution is 0.0636. The van der Waals surface area contributed by atoms with Crippen LogP contribution in [0.4, 0.5) is 10.5 Å². The first-order valence-electron chi connectivity index (χ1n) is 11.1. The quantitative estimate of drug-likeness (QED) is 0.588. The third-order valence-corrected chi connectivity index (χ3v) is 4.26. The molecule has 2 aromatic rings.